The van der Waals surface area contributed by atoms with E-state index >= 15 is 0 Å². The maximum Gasteiger partial charge on any atom is 0.119 e. The minimum absolute atomic E-state index is 0.221. The van der Waals surface area contributed by atoms with Gasteiger partial charge in [-0.25, -0.2) is 0 Å². The summed E-state index contributed by atoms with van der Waals surface area (Å²) >= 11 is 0. The van der Waals surface area contributed by atoms with E-state index in [-0.39, 0.29) is 12.0 Å². The largest absolute Gasteiger partial charge is 0.494 e. The molecular weight excluding hydrogens is 382 g/mol. The van der Waals surface area contributed by atoms with Crippen LogP contribution in [0.3, 0.4) is 0 Å². The van der Waals surface area contributed by atoms with Gasteiger partial charge in [0.05, 0.1) is 12.7 Å². The molecule has 4 rings (SSSR count). The SMILES string of the molecule is OC1CCN(Cc2ccccc2)CC1Cc1ccc(OCCCc2ccccc2)cc1. The Hall–Kier alpha value is -2.62. The molecule has 0 radical (unpaired) electrons. The maximum atomic E-state index is 10.6. The van der Waals surface area contributed by atoms with Crippen molar-refractivity contribution in [3.05, 3.63) is 102 Å². The number of hydrogen-bond acceptors (Lipinski definition) is 3. The lowest BCUT2D eigenvalue weighted by Gasteiger charge is -2.36. The number of rotatable bonds is 9. The van der Waals surface area contributed by atoms with Gasteiger partial charge < -0.3 is 9.84 Å². The smallest absolute Gasteiger partial charge is 0.119 e. The topological polar surface area (TPSA) is 32.7 Å². The minimum Gasteiger partial charge on any atom is -0.494 e. The molecule has 1 heterocycles. The minimum atomic E-state index is -0.221. The van der Waals surface area contributed by atoms with Crippen LogP contribution in [0.25, 0.3) is 0 Å². The summed E-state index contributed by atoms with van der Waals surface area (Å²) in [6.07, 6.45) is 3.58. The van der Waals surface area contributed by atoms with Gasteiger partial charge >= 0.3 is 0 Å². The van der Waals surface area contributed by atoms with Crippen LogP contribution in [0.2, 0.25) is 0 Å². The molecule has 2 unspecified atom stereocenters. The molecule has 1 aliphatic heterocycles. The summed E-state index contributed by atoms with van der Waals surface area (Å²) in [4.78, 5) is 2.47. The third kappa shape index (κ3) is 6.68. The van der Waals surface area contributed by atoms with E-state index in [0.717, 1.165) is 57.7 Å². The van der Waals surface area contributed by atoms with Gasteiger partial charge in [0, 0.05) is 25.6 Å². The fourth-order valence-electron chi connectivity index (χ4n) is 4.42. The third-order valence-corrected chi connectivity index (χ3v) is 6.17. The molecule has 1 aliphatic rings. The first-order chi connectivity index (χ1) is 15.3. The van der Waals surface area contributed by atoms with Gasteiger partial charge in [0.2, 0.25) is 0 Å². The Balaban J connectivity index is 1.23. The highest BCUT2D eigenvalue weighted by Crippen LogP contribution is 2.24. The summed E-state index contributed by atoms with van der Waals surface area (Å²) in [5.41, 5.74) is 3.96. The molecule has 0 spiro atoms. The fraction of sp³-hybridized carbons (Fsp3) is 0.357. The van der Waals surface area contributed by atoms with E-state index in [1.807, 2.05) is 0 Å². The average Bonchev–Trinajstić information content (AvgIpc) is 2.81. The van der Waals surface area contributed by atoms with Crippen molar-refractivity contribution in [2.24, 2.45) is 5.92 Å². The summed E-state index contributed by atoms with van der Waals surface area (Å²) in [5.74, 6) is 1.20. The Kier molecular flexibility index (Phi) is 7.76. The van der Waals surface area contributed by atoms with Crippen LogP contribution in [0.5, 0.6) is 5.75 Å². The van der Waals surface area contributed by atoms with Crippen molar-refractivity contribution in [2.45, 2.75) is 38.3 Å². The van der Waals surface area contributed by atoms with Gasteiger partial charge in [0.15, 0.2) is 0 Å². The average molecular weight is 416 g/mol. The van der Waals surface area contributed by atoms with Gasteiger partial charge in [-0.15, -0.1) is 0 Å². The Morgan fingerprint density at radius 1 is 0.806 bits per heavy atom. The van der Waals surface area contributed by atoms with E-state index < -0.39 is 0 Å². The lowest BCUT2D eigenvalue weighted by molar-refractivity contribution is 0.0239. The molecule has 3 aromatic carbocycles. The van der Waals surface area contributed by atoms with Crippen LogP contribution in [0.4, 0.5) is 0 Å². The summed E-state index contributed by atoms with van der Waals surface area (Å²) in [6.45, 7) is 3.58. The first-order valence-electron chi connectivity index (χ1n) is 11.5. The molecule has 3 aromatic rings. The van der Waals surface area contributed by atoms with Gasteiger partial charge in [-0.05, 0) is 54.5 Å². The molecular formula is C28H33NO2. The highest BCUT2D eigenvalue weighted by atomic mass is 16.5. The van der Waals surface area contributed by atoms with Gasteiger partial charge in [0.25, 0.3) is 0 Å². The maximum absolute atomic E-state index is 10.6. The summed E-state index contributed by atoms with van der Waals surface area (Å²) in [5, 5.41) is 10.6. The predicted octanol–water partition coefficient (Wildman–Crippen LogP) is 5.12. The molecule has 0 aliphatic carbocycles. The second-order valence-electron chi connectivity index (χ2n) is 8.62. The van der Waals surface area contributed by atoms with Crippen LogP contribution in [0.1, 0.15) is 29.5 Å². The first-order valence-corrected chi connectivity index (χ1v) is 11.5. The second kappa shape index (κ2) is 11.1. The Morgan fingerprint density at radius 3 is 2.19 bits per heavy atom. The van der Waals surface area contributed by atoms with Crippen LogP contribution in [-0.2, 0) is 19.4 Å². The number of likely N-dealkylation sites (tertiary alicyclic amines) is 1. The molecule has 0 bridgehead atoms. The quantitative estimate of drug-likeness (QED) is 0.492. The number of piperidine rings is 1. The molecule has 3 nitrogen and oxygen atoms in total. The van der Waals surface area contributed by atoms with Crippen molar-refractivity contribution in [3.8, 4) is 5.75 Å². The summed E-state index contributed by atoms with van der Waals surface area (Å²) in [6, 6.07) is 29.6. The van der Waals surface area contributed by atoms with E-state index in [1.54, 1.807) is 0 Å². The number of nitrogens with zero attached hydrogens (tertiary/aromatic N) is 1. The number of aliphatic hydroxyl groups is 1. The highest BCUT2D eigenvalue weighted by molar-refractivity contribution is 5.28. The summed E-state index contributed by atoms with van der Waals surface area (Å²) in [7, 11) is 0. The molecule has 31 heavy (non-hydrogen) atoms. The summed E-state index contributed by atoms with van der Waals surface area (Å²) < 4.78 is 5.92. The molecule has 1 saturated heterocycles. The van der Waals surface area contributed by atoms with Crippen molar-refractivity contribution < 1.29 is 9.84 Å². The Morgan fingerprint density at radius 2 is 1.48 bits per heavy atom. The van der Waals surface area contributed by atoms with Crippen LogP contribution in [-0.4, -0.2) is 35.8 Å². The van der Waals surface area contributed by atoms with Crippen LogP contribution >= 0.6 is 0 Å². The van der Waals surface area contributed by atoms with Crippen molar-refractivity contribution >= 4 is 0 Å². The van der Waals surface area contributed by atoms with Gasteiger partial charge in [-0.1, -0.05) is 72.8 Å². The van der Waals surface area contributed by atoms with Crippen molar-refractivity contribution in [1.29, 1.82) is 0 Å². The van der Waals surface area contributed by atoms with E-state index in [2.05, 4.69) is 89.8 Å². The van der Waals surface area contributed by atoms with Crippen molar-refractivity contribution in [2.75, 3.05) is 19.7 Å². The molecule has 0 aromatic heterocycles. The van der Waals surface area contributed by atoms with Crippen LogP contribution in [0.15, 0.2) is 84.9 Å². The van der Waals surface area contributed by atoms with E-state index in [1.165, 1.54) is 16.7 Å². The second-order valence-corrected chi connectivity index (χ2v) is 8.62. The molecule has 0 amide bonds. The molecule has 1 N–H and O–H groups in total. The van der Waals surface area contributed by atoms with Crippen molar-refractivity contribution in [1.82, 2.24) is 4.90 Å². The van der Waals surface area contributed by atoms with Gasteiger partial charge in [-0.3, -0.25) is 4.90 Å². The van der Waals surface area contributed by atoms with E-state index in [9.17, 15) is 5.11 Å². The zero-order valence-corrected chi connectivity index (χ0v) is 18.2. The Labute approximate surface area is 186 Å². The number of aliphatic hydroxyl groups excluding tert-OH is 1. The van der Waals surface area contributed by atoms with Gasteiger partial charge in [0.1, 0.15) is 5.75 Å². The van der Waals surface area contributed by atoms with Gasteiger partial charge in [-0.2, -0.15) is 0 Å². The van der Waals surface area contributed by atoms with Crippen LogP contribution < -0.4 is 4.74 Å². The normalized spacial score (nSPS) is 19.3. The fourth-order valence-corrected chi connectivity index (χ4v) is 4.42. The standard InChI is InChI=1S/C28H33NO2/c30-28-17-18-29(21-25-10-5-2-6-11-25)22-26(28)20-24-13-15-27(16-14-24)31-19-7-12-23-8-3-1-4-9-23/h1-6,8-11,13-16,26,28,30H,7,12,17-22H2. The van der Waals surface area contributed by atoms with Crippen molar-refractivity contribution in [3.63, 3.8) is 0 Å². The zero-order valence-electron chi connectivity index (χ0n) is 18.2. The Bertz CT molecular complexity index is 895. The number of ether oxygens (including phenoxy) is 1. The molecule has 0 saturated carbocycles. The van der Waals surface area contributed by atoms with Crippen LogP contribution in [0, 0.1) is 5.92 Å². The zero-order chi connectivity index (χ0) is 21.3. The monoisotopic (exact) mass is 415 g/mol. The molecule has 3 heteroatoms. The lowest BCUT2D eigenvalue weighted by atomic mass is 9.88. The number of hydrogen-bond donors (Lipinski definition) is 1. The first kappa shape index (κ1) is 21.6. The number of benzene rings is 3. The lowest BCUT2D eigenvalue weighted by Crippen LogP contribution is -2.43. The van der Waals surface area contributed by atoms with E-state index in [4.69, 9.17) is 4.74 Å². The highest BCUT2D eigenvalue weighted by Gasteiger charge is 2.27. The van der Waals surface area contributed by atoms with E-state index in [0.29, 0.717) is 0 Å². The molecule has 2 atom stereocenters. The number of aryl methyl sites for hydroxylation is 1. The third-order valence-electron chi connectivity index (χ3n) is 6.17. The molecule has 162 valence electrons. The predicted molar refractivity (Wildman–Crippen MR) is 126 cm³/mol. The molecule has 1 fully saturated rings.